The first-order chi connectivity index (χ1) is 11.4. The molecule has 0 saturated heterocycles. The molecule has 0 amide bonds. The highest BCUT2D eigenvalue weighted by Gasteiger charge is 2.29. The van der Waals surface area contributed by atoms with Crippen LogP contribution in [-0.2, 0) is 6.32 Å². The lowest BCUT2D eigenvalue weighted by Gasteiger charge is -2.14. The molecule has 0 aliphatic carbocycles. The van der Waals surface area contributed by atoms with Gasteiger partial charge >= 0.3 is 0 Å². The van der Waals surface area contributed by atoms with Crippen molar-refractivity contribution in [3.63, 3.8) is 0 Å². The Bertz CT molecular complexity index is 768. The first-order valence-electron chi connectivity index (χ1n) is 8.59. The van der Waals surface area contributed by atoms with Gasteiger partial charge in [-0.2, -0.15) is 0 Å². The van der Waals surface area contributed by atoms with Gasteiger partial charge in [-0.1, -0.05) is 120 Å². The number of fused-ring (bicyclic) bond motifs is 1. The molecule has 3 aromatic rings. The van der Waals surface area contributed by atoms with Gasteiger partial charge in [0.2, 0.25) is 6.71 Å². The van der Waals surface area contributed by atoms with Crippen LogP contribution in [0.2, 0.25) is 12.6 Å². The fraction of sp³-hybridized carbons (Fsp3) is 0.143. The van der Waals surface area contributed by atoms with Crippen molar-refractivity contribution in [2.24, 2.45) is 0 Å². The normalized spacial score (nSPS) is 14.3. The molecular weight excluding hydrogens is 274 g/mol. The van der Waals surface area contributed by atoms with E-state index in [0.29, 0.717) is 13.4 Å². The molecular formula is C21H20B2. The predicted octanol–water partition coefficient (Wildman–Crippen LogP) is 2.79. The summed E-state index contributed by atoms with van der Waals surface area (Å²) in [6.45, 7) is 1.16. The van der Waals surface area contributed by atoms with E-state index in [0.717, 1.165) is 6.32 Å². The molecule has 0 aromatic heterocycles. The molecule has 23 heavy (non-hydrogen) atoms. The zero-order chi connectivity index (χ0) is 15.5. The van der Waals surface area contributed by atoms with E-state index in [1.54, 1.807) is 0 Å². The monoisotopic (exact) mass is 294 g/mol. The van der Waals surface area contributed by atoms with Crippen LogP contribution in [0.1, 0.15) is 5.56 Å². The molecule has 1 heterocycles. The predicted molar refractivity (Wildman–Crippen MR) is 103 cm³/mol. The lowest BCUT2D eigenvalue weighted by molar-refractivity contribution is 1.32. The van der Waals surface area contributed by atoms with Crippen LogP contribution in [0, 0.1) is 0 Å². The second kappa shape index (κ2) is 6.50. The van der Waals surface area contributed by atoms with Crippen molar-refractivity contribution in [3.05, 3.63) is 90.5 Å². The van der Waals surface area contributed by atoms with Crippen LogP contribution in [0.5, 0.6) is 0 Å². The van der Waals surface area contributed by atoms with Crippen molar-refractivity contribution in [1.82, 2.24) is 0 Å². The quantitative estimate of drug-likeness (QED) is 0.638. The van der Waals surface area contributed by atoms with Crippen LogP contribution in [0.15, 0.2) is 84.9 Å². The molecule has 3 aromatic carbocycles. The Labute approximate surface area is 139 Å². The Morgan fingerprint density at radius 2 is 1.17 bits per heavy atom. The van der Waals surface area contributed by atoms with Gasteiger partial charge in [-0.25, -0.2) is 0 Å². The average Bonchev–Trinajstić information content (AvgIpc) is 2.83. The van der Waals surface area contributed by atoms with Gasteiger partial charge in [0, 0.05) is 0 Å². The van der Waals surface area contributed by atoms with E-state index in [2.05, 4.69) is 84.9 Å². The maximum Gasteiger partial charge on any atom is 0.208 e. The Balaban J connectivity index is 1.73. The molecule has 0 fully saturated rings. The largest absolute Gasteiger partial charge is 0.208 e. The van der Waals surface area contributed by atoms with E-state index in [1.165, 1.54) is 34.6 Å². The molecule has 0 saturated carbocycles. The molecule has 0 bridgehead atoms. The molecule has 0 unspecified atom stereocenters. The van der Waals surface area contributed by atoms with Gasteiger partial charge in [-0.15, -0.1) is 0 Å². The van der Waals surface area contributed by atoms with Crippen molar-refractivity contribution in [3.8, 4) is 0 Å². The fourth-order valence-electron chi connectivity index (χ4n) is 3.99. The van der Waals surface area contributed by atoms with Gasteiger partial charge in [0.05, 0.1) is 0 Å². The number of rotatable bonds is 2. The zero-order valence-corrected chi connectivity index (χ0v) is 13.4. The highest BCUT2D eigenvalue weighted by atomic mass is 14.0. The van der Waals surface area contributed by atoms with E-state index >= 15 is 0 Å². The molecule has 0 nitrogen and oxygen atoms in total. The van der Waals surface area contributed by atoms with Crippen molar-refractivity contribution in [1.29, 1.82) is 0 Å². The molecule has 110 valence electrons. The zero-order valence-electron chi connectivity index (χ0n) is 13.4. The summed E-state index contributed by atoms with van der Waals surface area (Å²) in [5.41, 5.74) is 5.98. The third-order valence-electron chi connectivity index (χ3n) is 5.17. The van der Waals surface area contributed by atoms with E-state index in [1.807, 2.05) is 0 Å². The van der Waals surface area contributed by atoms with Crippen molar-refractivity contribution in [2.75, 3.05) is 0 Å². The van der Waals surface area contributed by atoms with Crippen LogP contribution in [0.4, 0.5) is 0 Å². The molecule has 1 aliphatic heterocycles. The minimum atomic E-state index is 0.529. The Hall–Kier alpha value is -2.21. The maximum absolute atomic E-state index is 2.33. The van der Waals surface area contributed by atoms with Gasteiger partial charge in [0.15, 0.2) is 6.71 Å². The third-order valence-corrected chi connectivity index (χ3v) is 5.17. The maximum atomic E-state index is 2.33. The van der Waals surface area contributed by atoms with Gasteiger partial charge in [-0.3, -0.25) is 0 Å². The summed E-state index contributed by atoms with van der Waals surface area (Å²) >= 11 is 0. The Morgan fingerprint density at radius 1 is 0.565 bits per heavy atom. The number of hydrogen-bond donors (Lipinski definition) is 0. The minimum absolute atomic E-state index is 0.529. The highest BCUT2D eigenvalue weighted by Crippen LogP contribution is 2.16. The molecule has 4 rings (SSSR count). The Kier molecular flexibility index (Phi) is 4.06. The first kappa shape index (κ1) is 14.4. The molecule has 0 N–H and O–H groups in total. The second-order valence-corrected chi connectivity index (χ2v) is 6.55. The van der Waals surface area contributed by atoms with E-state index in [9.17, 15) is 0 Å². The summed E-state index contributed by atoms with van der Waals surface area (Å²) in [5, 5.41) is 0. The number of benzene rings is 3. The van der Waals surface area contributed by atoms with Gasteiger partial charge in [0.25, 0.3) is 0 Å². The SMILES string of the molecule is c1ccc(B2CCB(c3ccccc3)c3ccccc3C2)cc1. The molecule has 0 atom stereocenters. The van der Waals surface area contributed by atoms with Crippen molar-refractivity contribution in [2.45, 2.75) is 19.0 Å². The minimum Gasteiger partial charge on any atom is -0.0797 e. The molecule has 2 heteroatoms. The highest BCUT2D eigenvalue weighted by molar-refractivity contribution is 6.88. The first-order valence-corrected chi connectivity index (χ1v) is 8.59. The second-order valence-electron chi connectivity index (χ2n) is 6.55. The lowest BCUT2D eigenvalue weighted by atomic mass is 9.34. The van der Waals surface area contributed by atoms with Crippen LogP contribution in [-0.4, -0.2) is 13.4 Å². The summed E-state index contributed by atoms with van der Waals surface area (Å²) in [4.78, 5) is 0. The van der Waals surface area contributed by atoms with Crippen LogP contribution < -0.4 is 16.4 Å². The van der Waals surface area contributed by atoms with Gasteiger partial charge in [0.1, 0.15) is 0 Å². The van der Waals surface area contributed by atoms with Gasteiger partial charge in [-0.05, 0) is 6.32 Å². The summed E-state index contributed by atoms with van der Waals surface area (Å²) in [6, 6.07) is 31.1. The standard InChI is InChI=1S/C21H20B2/c1-3-10-19(11-4-1)22-15-16-23(20-12-5-2-6-13-20)21-14-8-7-9-18(21)17-22/h1-14H,15-17H2. The summed E-state index contributed by atoms with van der Waals surface area (Å²) in [6.07, 6.45) is 3.63. The molecule has 0 spiro atoms. The van der Waals surface area contributed by atoms with Crippen molar-refractivity contribution >= 4 is 29.8 Å². The Morgan fingerprint density at radius 3 is 1.91 bits per heavy atom. The lowest BCUT2D eigenvalue weighted by Crippen LogP contribution is -2.42. The summed E-state index contributed by atoms with van der Waals surface area (Å²) in [5.74, 6) is 0. The van der Waals surface area contributed by atoms with Crippen LogP contribution in [0.3, 0.4) is 0 Å². The molecule has 0 radical (unpaired) electrons. The average molecular weight is 294 g/mol. The summed E-state index contributed by atoms with van der Waals surface area (Å²) < 4.78 is 0. The fourth-order valence-corrected chi connectivity index (χ4v) is 3.99. The summed E-state index contributed by atoms with van der Waals surface area (Å²) in [7, 11) is 0. The van der Waals surface area contributed by atoms with E-state index in [4.69, 9.17) is 0 Å². The van der Waals surface area contributed by atoms with Crippen molar-refractivity contribution < 1.29 is 0 Å². The van der Waals surface area contributed by atoms with E-state index < -0.39 is 0 Å². The third kappa shape index (κ3) is 2.99. The van der Waals surface area contributed by atoms with Gasteiger partial charge < -0.3 is 0 Å². The smallest absolute Gasteiger partial charge is 0.0797 e. The van der Waals surface area contributed by atoms with Crippen LogP contribution in [0.25, 0.3) is 0 Å². The topological polar surface area (TPSA) is 0 Å². The van der Waals surface area contributed by atoms with Crippen LogP contribution >= 0.6 is 0 Å². The molecule has 1 aliphatic rings. The van der Waals surface area contributed by atoms with E-state index in [-0.39, 0.29) is 0 Å². The number of hydrogen-bond acceptors (Lipinski definition) is 0.